The van der Waals surface area contributed by atoms with Gasteiger partial charge in [0.25, 0.3) is 0 Å². The predicted molar refractivity (Wildman–Crippen MR) is 83.7 cm³/mol. The standard InChI is InChI=1S/C16H19N5O3/c1-4-16(7-17)13-12(22-15(2,3)24-13)11(23-16)9-5-6-10-14(18)19-8-20-21(9)10/h5-6,8,11-13H,4H2,1-3H3,(H2,18,19,20)/t11-,12-,13-,16-/m0/s1. The van der Waals surface area contributed by atoms with E-state index in [9.17, 15) is 5.26 Å². The zero-order valence-corrected chi connectivity index (χ0v) is 13.8. The minimum Gasteiger partial charge on any atom is -0.382 e. The van der Waals surface area contributed by atoms with Crippen molar-refractivity contribution in [3.8, 4) is 6.07 Å². The maximum Gasteiger partial charge on any atom is 0.183 e. The van der Waals surface area contributed by atoms with E-state index in [4.69, 9.17) is 19.9 Å². The van der Waals surface area contributed by atoms with E-state index >= 15 is 0 Å². The summed E-state index contributed by atoms with van der Waals surface area (Å²) in [6, 6.07) is 6.00. The lowest BCUT2D eigenvalue weighted by molar-refractivity contribution is -0.200. The largest absolute Gasteiger partial charge is 0.382 e. The summed E-state index contributed by atoms with van der Waals surface area (Å²) < 4.78 is 19.9. The van der Waals surface area contributed by atoms with E-state index in [2.05, 4.69) is 16.2 Å². The lowest BCUT2D eigenvalue weighted by Gasteiger charge is -2.28. The van der Waals surface area contributed by atoms with Crippen molar-refractivity contribution < 1.29 is 14.2 Å². The summed E-state index contributed by atoms with van der Waals surface area (Å²) in [6.07, 6.45) is 0.561. The number of nitrogen functional groups attached to an aromatic ring is 1. The molecule has 0 unspecified atom stereocenters. The van der Waals surface area contributed by atoms with Crippen LogP contribution in [0.4, 0.5) is 5.82 Å². The van der Waals surface area contributed by atoms with Gasteiger partial charge in [-0.2, -0.15) is 10.4 Å². The first kappa shape index (κ1) is 15.3. The SMILES string of the molecule is CC[C@@]1(C#N)O[C@@H](c2ccc3c(N)ncnn23)[C@@H]2OC(C)(C)O[C@@H]21. The average Bonchev–Trinajstić information content (AvgIpc) is 3.18. The molecule has 2 N–H and O–H groups in total. The first-order valence-electron chi connectivity index (χ1n) is 7.93. The lowest BCUT2D eigenvalue weighted by atomic mass is 9.93. The number of anilines is 1. The molecule has 126 valence electrons. The van der Waals surface area contributed by atoms with Crippen LogP contribution in [0.25, 0.3) is 5.52 Å². The minimum absolute atomic E-state index is 0.386. The van der Waals surface area contributed by atoms with Gasteiger partial charge in [-0.25, -0.2) is 9.50 Å². The zero-order valence-electron chi connectivity index (χ0n) is 13.8. The molecular formula is C16H19N5O3. The Bertz CT molecular complexity index is 842. The van der Waals surface area contributed by atoms with Crippen LogP contribution in [-0.2, 0) is 14.2 Å². The molecule has 0 aliphatic carbocycles. The van der Waals surface area contributed by atoms with E-state index in [-0.39, 0.29) is 0 Å². The van der Waals surface area contributed by atoms with Crippen molar-refractivity contribution in [2.75, 3.05) is 5.73 Å². The molecule has 2 fully saturated rings. The maximum absolute atomic E-state index is 9.74. The Balaban J connectivity index is 1.83. The summed E-state index contributed by atoms with van der Waals surface area (Å²) in [5, 5.41) is 14.0. The third kappa shape index (κ3) is 1.95. The fourth-order valence-corrected chi connectivity index (χ4v) is 3.60. The highest BCUT2D eigenvalue weighted by atomic mass is 16.8. The molecule has 4 rings (SSSR count). The Morgan fingerprint density at radius 1 is 1.33 bits per heavy atom. The fraction of sp³-hybridized carbons (Fsp3) is 0.562. The van der Waals surface area contributed by atoms with E-state index in [1.807, 2.05) is 32.9 Å². The molecule has 24 heavy (non-hydrogen) atoms. The monoisotopic (exact) mass is 329 g/mol. The number of aromatic nitrogens is 3. The number of hydrogen-bond donors (Lipinski definition) is 1. The van der Waals surface area contributed by atoms with Crippen LogP contribution in [0.15, 0.2) is 18.5 Å². The van der Waals surface area contributed by atoms with Crippen molar-refractivity contribution in [3.05, 3.63) is 24.2 Å². The van der Waals surface area contributed by atoms with Crippen molar-refractivity contribution in [3.63, 3.8) is 0 Å². The molecule has 0 aromatic carbocycles. The van der Waals surface area contributed by atoms with Gasteiger partial charge >= 0.3 is 0 Å². The number of nitriles is 1. The fourth-order valence-electron chi connectivity index (χ4n) is 3.60. The Morgan fingerprint density at radius 3 is 2.83 bits per heavy atom. The topological polar surface area (TPSA) is 108 Å². The van der Waals surface area contributed by atoms with Gasteiger partial charge in [-0.3, -0.25) is 0 Å². The quantitative estimate of drug-likeness (QED) is 0.891. The average molecular weight is 329 g/mol. The second-order valence-electron chi connectivity index (χ2n) is 6.61. The number of rotatable bonds is 2. The highest BCUT2D eigenvalue weighted by Crippen LogP contribution is 2.50. The van der Waals surface area contributed by atoms with Gasteiger partial charge < -0.3 is 19.9 Å². The Kier molecular flexibility index (Phi) is 3.12. The van der Waals surface area contributed by atoms with Crippen molar-refractivity contribution in [2.24, 2.45) is 0 Å². The van der Waals surface area contributed by atoms with Gasteiger partial charge in [0.2, 0.25) is 0 Å². The van der Waals surface area contributed by atoms with Crippen molar-refractivity contribution in [2.45, 2.75) is 56.9 Å². The first-order valence-corrected chi connectivity index (χ1v) is 7.93. The van der Waals surface area contributed by atoms with E-state index in [1.54, 1.807) is 4.52 Å². The van der Waals surface area contributed by atoms with E-state index in [1.165, 1.54) is 6.33 Å². The lowest BCUT2D eigenvalue weighted by Crippen LogP contribution is -2.41. The molecule has 2 saturated heterocycles. The summed E-state index contributed by atoms with van der Waals surface area (Å²) >= 11 is 0. The number of ether oxygens (including phenoxy) is 3. The van der Waals surface area contributed by atoms with Crippen LogP contribution in [-0.4, -0.2) is 38.2 Å². The maximum atomic E-state index is 9.74. The zero-order chi connectivity index (χ0) is 17.1. The molecule has 2 aromatic rings. The number of nitrogens with zero attached hydrogens (tertiary/aromatic N) is 4. The summed E-state index contributed by atoms with van der Waals surface area (Å²) in [4.78, 5) is 3.99. The van der Waals surface area contributed by atoms with Gasteiger partial charge in [-0.15, -0.1) is 0 Å². The van der Waals surface area contributed by atoms with Gasteiger partial charge in [-0.1, -0.05) is 6.92 Å². The van der Waals surface area contributed by atoms with E-state index in [0.29, 0.717) is 17.8 Å². The van der Waals surface area contributed by atoms with Crippen LogP contribution >= 0.6 is 0 Å². The molecule has 0 spiro atoms. The molecular weight excluding hydrogens is 310 g/mol. The highest BCUT2D eigenvalue weighted by Gasteiger charge is 2.63. The molecule has 4 heterocycles. The molecule has 2 aliphatic heterocycles. The molecule has 2 aliphatic rings. The molecule has 0 saturated carbocycles. The Hall–Kier alpha value is -2.21. The molecule has 0 amide bonds. The molecule has 0 radical (unpaired) electrons. The number of fused-ring (bicyclic) bond motifs is 2. The third-order valence-corrected chi connectivity index (χ3v) is 4.74. The van der Waals surface area contributed by atoms with Crippen LogP contribution < -0.4 is 5.73 Å². The van der Waals surface area contributed by atoms with Crippen LogP contribution in [0, 0.1) is 11.3 Å². The summed E-state index contributed by atoms with van der Waals surface area (Å²) in [5.41, 5.74) is 6.31. The van der Waals surface area contributed by atoms with Gasteiger partial charge in [0, 0.05) is 0 Å². The smallest absolute Gasteiger partial charge is 0.183 e. The van der Waals surface area contributed by atoms with Crippen LogP contribution in [0.3, 0.4) is 0 Å². The summed E-state index contributed by atoms with van der Waals surface area (Å²) in [5.74, 6) is -0.382. The van der Waals surface area contributed by atoms with Gasteiger partial charge in [0.1, 0.15) is 36.2 Å². The highest BCUT2D eigenvalue weighted by molar-refractivity contribution is 5.65. The minimum atomic E-state index is -1.05. The molecule has 4 atom stereocenters. The van der Waals surface area contributed by atoms with Crippen molar-refractivity contribution in [1.29, 1.82) is 5.26 Å². The number of hydrogen-bond acceptors (Lipinski definition) is 7. The molecule has 0 bridgehead atoms. The van der Waals surface area contributed by atoms with Crippen LogP contribution in [0.5, 0.6) is 0 Å². The normalized spacial score (nSPS) is 34.3. The second kappa shape index (κ2) is 4.89. The predicted octanol–water partition coefficient (Wildman–Crippen LogP) is 1.58. The molecule has 2 aromatic heterocycles. The van der Waals surface area contributed by atoms with E-state index in [0.717, 1.165) is 5.69 Å². The van der Waals surface area contributed by atoms with Crippen LogP contribution in [0.2, 0.25) is 0 Å². The Morgan fingerprint density at radius 2 is 2.12 bits per heavy atom. The summed E-state index contributed by atoms with van der Waals surface area (Å²) in [6.45, 7) is 5.60. The van der Waals surface area contributed by atoms with Gasteiger partial charge in [0.15, 0.2) is 17.2 Å². The third-order valence-electron chi connectivity index (χ3n) is 4.74. The van der Waals surface area contributed by atoms with Gasteiger partial charge in [0.05, 0.1) is 5.69 Å². The van der Waals surface area contributed by atoms with Crippen molar-refractivity contribution >= 4 is 11.3 Å². The van der Waals surface area contributed by atoms with Gasteiger partial charge in [-0.05, 0) is 32.4 Å². The Labute approximate surface area is 139 Å². The van der Waals surface area contributed by atoms with Crippen LogP contribution in [0.1, 0.15) is 39.0 Å². The van der Waals surface area contributed by atoms with E-state index < -0.39 is 29.7 Å². The first-order chi connectivity index (χ1) is 11.4. The molecule has 8 heteroatoms. The number of nitrogens with two attached hydrogens (primary N) is 1. The second-order valence-corrected chi connectivity index (χ2v) is 6.61. The van der Waals surface area contributed by atoms with Crippen molar-refractivity contribution in [1.82, 2.24) is 14.6 Å². The summed E-state index contributed by atoms with van der Waals surface area (Å²) in [7, 11) is 0. The molecule has 8 nitrogen and oxygen atoms in total.